The quantitative estimate of drug-likeness (QED) is 0.231. The highest BCUT2D eigenvalue weighted by molar-refractivity contribution is 4.50. The van der Waals surface area contributed by atoms with Gasteiger partial charge < -0.3 is 5.11 Å². The highest BCUT2D eigenvalue weighted by atomic mass is 16.2. The normalized spacial score (nSPS) is 10.1. The molecule has 4 nitrogen and oxygen atoms in total. The molecule has 0 fully saturated rings. The molecule has 1 N–H and O–H groups in total. The van der Waals surface area contributed by atoms with Crippen LogP contribution in [-0.4, -0.2) is 18.3 Å². The SMILES string of the molecule is [N-]=[N+]=NCCCCCCCCCCCCO. The first-order valence-corrected chi connectivity index (χ1v) is 6.53. The molecule has 0 amide bonds. The molecule has 0 aliphatic rings. The van der Waals surface area contributed by atoms with Crippen LogP contribution in [0.1, 0.15) is 64.2 Å². The lowest BCUT2D eigenvalue weighted by molar-refractivity contribution is 0.282. The summed E-state index contributed by atoms with van der Waals surface area (Å²) in [4.78, 5) is 2.73. The summed E-state index contributed by atoms with van der Waals surface area (Å²) in [5.74, 6) is 0. The first kappa shape index (κ1) is 15.3. The Kier molecular flexibility index (Phi) is 13.6. The topological polar surface area (TPSA) is 69.0 Å². The summed E-state index contributed by atoms with van der Waals surface area (Å²) in [5, 5.41) is 12.1. The van der Waals surface area contributed by atoms with Crippen LogP contribution in [0.4, 0.5) is 0 Å². The van der Waals surface area contributed by atoms with Gasteiger partial charge in [-0.3, -0.25) is 0 Å². The van der Waals surface area contributed by atoms with E-state index in [9.17, 15) is 0 Å². The number of unbranched alkanes of at least 4 members (excludes halogenated alkanes) is 9. The summed E-state index contributed by atoms with van der Waals surface area (Å²) < 4.78 is 0. The monoisotopic (exact) mass is 227 g/mol. The van der Waals surface area contributed by atoms with Gasteiger partial charge in [-0.05, 0) is 18.4 Å². The maximum atomic E-state index is 8.60. The minimum Gasteiger partial charge on any atom is -0.396 e. The van der Waals surface area contributed by atoms with Gasteiger partial charge in [-0.1, -0.05) is 56.5 Å². The second-order valence-corrected chi connectivity index (χ2v) is 4.21. The minimum atomic E-state index is 0.338. The summed E-state index contributed by atoms with van der Waals surface area (Å²) in [6.45, 7) is 0.989. The Balaban J connectivity index is 2.90. The van der Waals surface area contributed by atoms with Crippen molar-refractivity contribution in [1.29, 1.82) is 0 Å². The molecule has 0 aromatic carbocycles. The Labute approximate surface area is 98.7 Å². The van der Waals surface area contributed by atoms with E-state index in [1.165, 1.54) is 51.4 Å². The molecule has 0 bridgehead atoms. The number of azide groups is 1. The van der Waals surface area contributed by atoms with Crippen LogP contribution < -0.4 is 0 Å². The van der Waals surface area contributed by atoms with Gasteiger partial charge in [-0.2, -0.15) is 0 Å². The van der Waals surface area contributed by atoms with Gasteiger partial charge in [0.25, 0.3) is 0 Å². The molecule has 0 spiro atoms. The maximum absolute atomic E-state index is 8.60. The Morgan fingerprint density at radius 2 is 1.19 bits per heavy atom. The van der Waals surface area contributed by atoms with Crippen molar-refractivity contribution >= 4 is 0 Å². The lowest BCUT2D eigenvalue weighted by Gasteiger charge is -2.01. The van der Waals surface area contributed by atoms with Crippen LogP contribution in [0.2, 0.25) is 0 Å². The number of hydrogen-bond acceptors (Lipinski definition) is 2. The zero-order valence-corrected chi connectivity index (χ0v) is 10.3. The van der Waals surface area contributed by atoms with Crippen LogP contribution in [0.25, 0.3) is 10.4 Å². The van der Waals surface area contributed by atoms with Crippen molar-refractivity contribution in [3.05, 3.63) is 10.4 Å². The zero-order valence-electron chi connectivity index (χ0n) is 10.3. The Hall–Kier alpha value is -0.730. The van der Waals surface area contributed by atoms with Crippen molar-refractivity contribution in [3.8, 4) is 0 Å². The lowest BCUT2D eigenvalue weighted by atomic mass is 10.1. The predicted octanol–water partition coefficient (Wildman–Crippen LogP) is 4.19. The molecule has 0 heterocycles. The van der Waals surface area contributed by atoms with Crippen molar-refractivity contribution in [2.75, 3.05) is 13.2 Å². The second kappa shape index (κ2) is 14.3. The first-order chi connectivity index (χ1) is 7.91. The fraction of sp³-hybridized carbons (Fsp3) is 1.00. The molecule has 0 saturated heterocycles. The van der Waals surface area contributed by atoms with Gasteiger partial charge in [0.15, 0.2) is 0 Å². The Morgan fingerprint density at radius 1 is 0.750 bits per heavy atom. The fourth-order valence-corrected chi connectivity index (χ4v) is 1.75. The van der Waals surface area contributed by atoms with Crippen molar-refractivity contribution in [2.45, 2.75) is 64.2 Å². The van der Waals surface area contributed by atoms with Crippen molar-refractivity contribution in [2.24, 2.45) is 5.11 Å². The number of aliphatic hydroxyl groups excluding tert-OH is 1. The van der Waals surface area contributed by atoms with E-state index in [0.717, 1.165) is 12.8 Å². The molecule has 0 unspecified atom stereocenters. The number of hydrogen-bond donors (Lipinski definition) is 1. The van der Waals surface area contributed by atoms with Crippen LogP contribution in [0.15, 0.2) is 5.11 Å². The summed E-state index contributed by atoms with van der Waals surface area (Å²) >= 11 is 0. The third-order valence-electron chi connectivity index (χ3n) is 2.73. The maximum Gasteiger partial charge on any atom is 0.0431 e. The van der Waals surface area contributed by atoms with Crippen LogP contribution in [0.5, 0.6) is 0 Å². The van der Waals surface area contributed by atoms with Crippen molar-refractivity contribution in [1.82, 2.24) is 0 Å². The van der Waals surface area contributed by atoms with Gasteiger partial charge in [0, 0.05) is 18.1 Å². The predicted molar refractivity (Wildman–Crippen MR) is 67.3 cm³/mol. The van der Waals surface area contributed by atoms with E-state index in [1.807, 2.05) is 0 Å². The molecule has 0 aromatic rings. The number of aliphatic hydroxyl groups is 1. The molecule has 0 rings (SSSR count). The summed E-state index contributed by atoms with van der Waals surface area (Å²) in [6.07, 6.45) is 12.1. The van der Waals surface area contributed by atoms with Gasteiger partial charge in [0.2, 0.25) is 0 Å². The second-order valence-electron chi connectivity index (χ2n) is 4.21. The van der Waals surface area contributed by atoms with Crippen molar-refractivity contribution < 1.29 is 5.11 Å². The minimum absolute atomic E-state index is 0.338. The molecular weight excluding hydrogens is 202 g/mol. The van der Waals surface area contributed by atoms with E-state index in [-0.39, 0.29) is 0 Å². The standard InChI is InChI=1S/C12H25N3O/c13-15-14-11-9-7-5-3-1-2-4-6-8-10-12-16/h16H,1-12H2. The average Bonchev–Trinajstić information content (AvgIpc) is 2.31. The third-order valence-corrected chi connectivity index (χ3v) is 2.73. The number of nitrogens with zero attached hydrogens (tertiary/aromatic N) is 3. The van der Waals surface area contributed by atoms with E-state index in [4.69, 9.17) is 10.6 Å². The van der Waals surface area contributed by atoms with Crippen LogP contribution in [-0.2, 0) is 0 Å². The van der Waals surface area contributed by atoms with Crippen LogP contribution in [0.3, 0.4) is 0 Å². The molecule has 0 atom stereocenters. The van der Waals surface area contributed by atoms with Gasteiger partial charge in [0.1, 0.15) is 0 Å². The summed E-state index contributed by atoms with van der Waals surface area (Å²) in [5.41, 5.74) is 8.07. The number of rotatable bonds is 12. The van der Waals surface area contributed by atoms with Gasteiger partial charge in [-0.15, -0.1) is 0 Å². The Morgan fingerprint density at radius 3 is 1.62 bits per heavy atom. The van der Waals surface area contributed by atoms with Gasteiger partial charge in [-0.25, -0.2) is 0 Å². The highest BCUT2D eigenvalue weighted by Gasteiger charge is 1.92. The van der Waals surface area contributed by atoms with Crippen molar-refractivity contribution in [3.63, 3.8) is 0 Å². The largest absolute Gasteiger partial charge is 0.396 e. The lowest BCUT2D eigenvalue weighted by Crippen LogP contribution is -1.85. The fourth-order valence-electron chi connectivity index (χ4n) is 1.75. The van der Waals surface area contributed by atoms with E-state index in [2.05, 4.69) is 10.0 Å². The van der Waals surface area contributed by atoms with E-state index in [0.29, 0.717) is 13.2 Å². The molecule has 0 aliphatic heterocycles. The zero-order chi connectivity index (χ0) is 11.9. The van der Waals surface area contributed by atoms with Gasteiger partial charge in [0.05, 0.1) is 0 Å². The molecule has 94 valence electrons. The molecule has 0 radical (unpaired) electrons. The Bertz CT molecular complexity index is 179. The molecule has 16 heavy (non-hydrogen) atoms. The van der Waals surface area contributed by atoms with E-state index < -0.39 is 0 Å². The van der Waals surface area contributed by atoms with Crippen LogP contribution >= 0.6 is 0 Å². The first-order valence-electron chi connectivity index (χ1n) is 6.53. The summed E-state index contributed by atoms with van der Waals surface area (Å²) in [7, 11) is 0. The molecular formula is C12H25N3O. The van der Waals surface area contributed by atoms with Crippen LogP contribution in [0, 0.1) is 0 Å². The molecule has 0 aliphatic carbocycles. The third kappa shape index (κ3) is 13.3. The smallest absolute Gasteiger partial charge is 0.0431 e. The van der Waals surface area contributed by atoms with E-state index >= 15 is 0 Å². The molecule has 0 aromatic heterocycles. The molecule has 0 saturated carbocycles. The highest BCUT2D eigenvalue weighted by Crippen LogP contribution is 2.10. The van der Waals surface area contributed by atoms with Gasteiger partial charge >= 0.3 is 0 Å². The molecule has 4 heteroatoms. The average molecular weight is 227 g/mol. The van der Waals surface area contributed by atoms with E-state index in [1.54, 1.807) is 0 Å². The summed E-state index contributed by atoms with van der Waals surface area (Å²) in [6, 6.07) is 0.